The van der Waals surface area contributed by atoms with Crippen LogP contribution in [0.1, 0.15) is 36.5 Å². The van der Waals surface area contributed by atoms with Gasteiger partial charge in [0.1, 0.15) is 5.56 Å². The molecule has 1 rings (SSSR count). The summed E-state index contributed by atoms with van der Waals surface area (Å²) >= 11 is 0. The summed E-state index contributed by atoms with van der Waals surface area (Å²) in [5.41, 5.74) is 2.09. The molecule has 1 aromatic rings. The van der Waals surface area contributed by atoms with E-state index in [9.17, 15) is 28.5 Å². The van der Waals surface area contributed by atoms with Gasteiger partial charge in [-0.15, -0.1) is 0 Å². The summed E-state index contributed by atoms with van der Waals surface area (Å²) in [5.74, 6) is -5.98. The molecule has 0 amide bonds. The van der Waals surface area contributed by atoms with Crippen LogP contribution in [0.25, 0.3) is 0 Å². The van der Waals surface area contributed by atoms with Crippen LogP contribution in [-0.2, 0) is 4.79 Å². The van der Waals surface area contributed by atoms with Crippen molar-refractivity contribution >= 4 is 23.3 Å². The molecule has 0 bridgehead atoms. The number of alkyl halides is 1. The monoisotopic (exact) mass is 332 g/mol. The van der Waals surface area contributed by atoms with Gasteiger partial charge in [0.25, 0.3) is 0 Å². The van der Waals surface area contributed by atoms with Crippen molar-refractivity contribution in [3.8, 4) is 5.75 Å². The molecule has 3 N–H and O–H groups in total. The van der Waals surface area contributed by atoms with Crippen molar-refractivity contribution in [3.63, 3.8) is 0 Å². The fourth-order valence-electron chi connectivity index (χ4n) is 1.77. The Labute approximate surface area is 129 Å². The second kappa shape index (κ2) is 7.47. The third-order valence-electron chi connectivity index (χ3n) is 2.91. The molecule has 1 atom stereocenters. The largest absolute Gasteiger partial charge is 0.478 e. The molecule has 0 radical (unpaired) electrons. The van der Waals surface area contributed by atoms with Crippen LogP contribution in [0, 0.1) is 15.9 Å². The van der Waals surface area contributed by atoms with Crippen molar-refractivity contribution in [1.82, 2.24) is 0 Å². The van der Waals surface area contributed by atoms with Gasteiger partial charge in [-0.05, 0) is 6.42 Å². The first-order chi connectivity index (χ1) is 10.7. The highest BCUT2D eigenvalue weighted by molar-refractivity contribution is 5.96. The van der Waals surface area contributed by atoms with E-state index in [1.807, 2.05) is 0 Å². The van der Waals surface area contributed by atoms with E-state index in [-0.39, 0.29) is 6.42 Å². The highest BCUT2D eigenvalue weighted by Crippen LogP contribution is 2.36. The Bertz CT molecular complexity index is 650. The number of hydrogen-bond acceptors (Lipinski definition) is 6. The Kier molecular flexibility index (Phi) is 5.94. The molecule has 0 fully saturated rings. The fourth-order valence-corrected chi connectivity index (χ4v) is 1.77. The molecule has 0 unspecified atom stereocenters. The van der Waals surface area contributed by atoms with E-state index < -0.39 is 51.5 Å². The van der Waals surface area contributed by atoms with Crippen LogP contribution < -0.4 is 10.5 Å². The molecule has 23 heavy (non-hydrogen) atoms. The molecule has 8 nitrogen and oxygen atoms in total. The molecule has 1 aromatic carbocycles. The number of nitro benzene ring substituents is 1. The zero-order valence-corrected chi connectivity index (χ0v) is 12.0. The lowest BCUT2D eigenvalue weighted by Gasteiger charge is -2.11. The predicted molar refractivity (Wildman–Crippen MR) is 74.5 cm³/mol. The van der Waals surface area contributed by atoms with E-state index in [2.05, 4.69) is 4.74 Å². The van der Waals surface area contributed by atoms with Gasteiger partial charge in [-0.3, -0.25) is 10.1 Å². The van der Waals surface area contributed by atoms with E-state index >= 15 is 0 Å². The number of nitrogen functional groups attached to an aromatic ring is 1. The normalized spacial score (nSPS) is 11.8. The number of carbonyl (C=O) groups is 2. The van der Waals surface area contributed by atoms with Crippen molar-refractivity contribution < 1.29 is 33.1 Å². The third-order valence-corrected chi connectivity index (χ3v) is 2.91. The summed E-state index contributed by atoms with van der Waals surface area (Å²) in [6.07, 6.45) is -1.21. The van der Waals surface area contributed by atoms with Crippen LogP contribution in [-0.4, -0.2) is 28.1 Å². The highest BCUT2D eigenvalue weighted by atomic mass is 19.1. The van der Waals surface area contributed by atoms with Crippen molar-refractivity contribution in [2.45, 2.75) is 32.4 Å². The van der Waals surface area contributed by atoms with E-state index in [0.717, 1.165) is 0 Å². The SMILES string of the molecule is CCCC[C@@H](F)C(=O)Oc1cc(N)c(C(=O)O)c(F)c1[N+](=O)[O-]. The van der Waals surface area contributed by atoms with E-state index in [1.54, 1.807) is 6.92 Å². The van der Waals surface area contributed by atoms with Crippen molar-refractivity contribution in [2.24, 2.45) is 0 Å². The number of esters is 1. The zero-order valence-electron chi connectivity index (χ0n) is 12.0. The Morgan fingerprint density at radius 1 is 1.52 bits per heavy atom. The number of carboxylic acids is 1. The van der Waals surface area contributed by atoms with E-state index in [0.29, 0.717) is 18.9 Å². The van der Waals surface area contributed by atoms with Crippen LogP contribution in [0.15, 0.2) is 6.07 Å². The Balaban J connectivity index is 3.24. The number of aromatic carboxylic acids is 1. The summed E-state index contributed by atoms with van der Waals surface area (Å²) in [4.78, 5) is 32.0. The Morgan fingerprint density at radius 3 is 2.61 bits per heavy atom. The molecular formula is C13H14F2N2O6. The lowest BCUT2D eigenvalue weighted by atomic mass is 10.1. The number of ether oxygens (including phenoxy) is 1. The summed E-state index contributed by atoms with van der Waals surface area (Å²) < 4.78 is 32.0. The van der Waals surface area contributed by atoms with E-state index in [1.165, 1.54) is 0 Å². The van der Waals surface area contributed by atoms with Gasteiger partial charge in [-0.1, -0.05) is 19.8 Å². The Hall–Kier alpha value is -2.78. The quantitative estimate of drug-likeness (QED) is 0.257. The van der Waals surface area contributed by atoms with Crippen LogP contribution in [0.4, 0.5) is 20.2 Å². The number of benzene rings is 1. The van der Waals surface area contributed by atoms with Gasteiger partial charge in [0.15, 0.2) is 6.17 Å². The lowest BCUT2D eigenvalue weighted by molar-refractivity contribution is -0.388. The van der Waals surface area contributed by atoms with Crippen molar-refractivity contribution in [1.29, 1.82) is 0 Å². The second-order valence-electron chi connectivity index (χ2n) is 4.59. The first kappa shape index (κ1) is 18.3. The maximum Gasteiger partial charge on any atom is 0.348 e. The second-order valence-corrected chi connectivity index (χ2v) is 4.59. The zero-order chi connectivity index (χ0) is 17.7. The van der Waals surface area contributed by atoms with Crippen LogP contribution in [0.2, 0.25) is 0 Å². The Morgan fingerprint density at radius 2 is 2.13 bits per heavy atom. The van der Waals surface area contributed by atoms with Crippen LogP contribution >= 0.6 is 0 Å². The molecule has 0 saturated carbocycles. The molecule has 10 heteroatoms. The summed E-state index contributed by atoms with van der Waals surface area (Å²) in [7, 11) is 0. The van der Waals surface area contributed by atoms with E-state index in [4.69, 9.17) is 10.8 Å². The van der Waals surface area contributed by atoms with Crippen molar-refractivity contribution in [2.75, 3.05) is 5.73 Å². The maximum atomic E-state index is 14.0. The van der Waals surface area contributed by atoms with Crippen molar-refractivity contribution in [3.05, 3.63) is 27.6 Å². The third kappa shape index (κ3) is 4.11. The van der Waals surface area contributed by atoms with Gasteiger partial charge < -0.3 is 15.6 Å². The molecule has 0 saturated heterocycles. The summed E-state index contributed by atoms with van der Waals surface area (Å²) in [5, 5.41) is 19.7. The number of carboxylic acid groups (broad SMARTS) is 1. The number of nitro groups is 1. The number of rotatable bonds is 7. The van der Waals surface area contributed by atoms with Crippen LogP contribution in [0.5, 0.6) is 5.75 Å². The first-order valence-corrected chi connectivity index (χ1v) is 6.56. The van der Waals surface area contributed by atoms with Gasteiger partial charge in [0.2, 0.25) is 11.6 Å². The minimum Gasteiger partial charge on any atom is -0.478 e. The highest BCUT2D eigenvalue weighted by Gasteiger charge is 2.32. The topological polar surface area (TPSA) is 133 Å². The first-order valence-electron chi connectivity index (χ1n) is 6.56. The van der Waals surface area contributed by atoms with Gasteiger partial charge >= 0.3 is 17.6 Å². The molecule has 0 aliphatic rings. The minimum atomic E-state index is -2.04. The molecule has 126 valence electrons. The molecule has 0 aliphatic carbocycles. The predicted octanol–water partition coefficient (Wildman–Crippen LogP) is 2.45. The van der Waals surface area contributed by atoms with Gasteiger partial charge in [0.05, 0.1) is 10.6 Å². The molecule has 0 spiro atoms. The standard InChI is InChI=1S/C13H14F2N2O6/c1-2-3-4-6(14)13(20)23-8-5-7(16)9(12(18)19)10(15)11(8)17(21)22/h5-6H,2-4,16H2,1H3,(H,18,19)/t6-/m1/s1. The summed E-state index contributed by atoms with van der Waals surface area (Å²) in [6, 6.07) is 0.606. The number of halogens is 2. The minimum absolute atomic E-state index is 0.158. The number of anilines is 1. The number of nitrogens with zero attached hydrogens (tertiary/aromatic N) is 1. The smallest absolute Gasteiger partial charge is 0.348 e. The van der Waals surface area contributed by atoms with Crippen LogP contribution in [0.3, 0.4) is 0 Å². The molecular weight excluding hydrogens is 318 g/mol. The van der Waals surface area contributed by atoms with Gasteiger partial charge in [0, 0.05) is 6.07 Å². The number of hydrogen-bond donors (Lipinski definition) is 2. The summed E-state index contributed by atoms with van der Waals surface area (Å²) in [6.45, 7) is 1.77. The number of unbranched alkanes of at least 4 members (excludes halogenated alkanes) is 1. The average molecular weight is 332 g/mol. The lowest BCUT2D eigenvalue weighted by Crippen LogP contribution is -2.22. The van der Waals surface area contributed by atoms with Gasteiger partial charge in [-0.2, -0.15) is 4.39 Å². The molecule has 0 heterocycles. The molecule has 0 aliphatic heterocycles. The molecule has 0 aromatic heterocycles. The number of nitrogens with two attached hydrogens (primary N) is 1. The fraction of sp³-hybridized carbons (Fsp3) is 0.385. The maximum absolute atomic E-state index is 14.0. The average Bonchev–Trinajstić information content (AvgIpc) is 2.43. The number of carbonyl (C=O) groups excluding carboxylic acids is 1. The van der Waals surface area contributed by atoms with Gasteiger partial charge in [-0.25, -0.2) is 14.0 Å².